The third kappa shape index (κ3) is 2.20. The Morgan fingerprint density at radius 2 is 2.20 bits per heavy atom. The Bertz CT molecular complexity index is 594. The van der Waals surface area contributed by atoms with Crippen molar-refractivity contribution in [3.8, 4) is 5.69 Å². The molecule has 0 radical (unpaired) electrons. The molecule has 1 aromatic carbocycles. The largest absolute Gasteiger partial charge is 0.378 e. The molecule has 0 spiro atoms. The van der Waals surface area contributed by atoms with Crippen LogP contribution in [0.4, 0.5) is 5.69 Å². The fourth-order valence-electron chi connectivity index (χ4n) is 2.90. The molecule has 1 saturated heterocycles. The highest BCUT2D eigenvalue weighted by molar-refractivity contribution is 5.53. The summed E-state index contributed by atoms with van der Waals surface area (Å²) in [6.07, 6.45) is 5.09. The van der Waals surface area contributed by atoms with Gasteiger partial charge in [-0.2, -0.15) is 0 Å². The summed E-state index contributed by atoms with van der Waals surface area (Å²) < 4.78 is 2.22. The van der Waals surface area contributed by atoms with Gasteiger partial charge in [0, 0.05) is 49.3 Å². The molecule has 1 N–H and O–H groups in total. The number of nitrogens with zero attached hydrogens (tertiary/aromatic N) is 3. The molecule has 3 rings (SSSR count). The second kappa shape index (κ2) is 4.94. The zero-order chi connectivity index (χ0) is 14.2. The van der Waals surface area contributed by atoms with Crippen molar-refractivity contribution in [1.29, 1.82) is 0 Å². The van der Waals surface area contributed by atoms with E-state index in [9.17, 15) is 0 Å². The van der Waals surface area contributed by atoms with Gasteiger partial charge in [-0.05, 0) is 31.2 Å². The number of hydrogen-bond donors (Lipinski definition) is 1. The van der Waals surface area contributed by atoms with Gasteiger partial charge < -0.3 is 14.8 Å². The average Bonchev–Trinajstić information content (AvgIpc) is 3.08. The number of hydrogen-bond acceptors (Lipinski definition) is 3. The molecule has 1 atom stereocenters. The van der Waals surface area contributed by atoms with Gasteiger partial charge in [0.15, 0.2) is 0 Å². The average molecular weight is 270 g/mol. The molecule has 1 aromatic heterocycles. The molecular weight excluding hydrogens is 248 g/mol. The van der Waals surface area contributed by atoms with Crippen molar-refractivity contribution in [1.82, 2.24) is 14.9 Å². The third-order valence-electron chi connectivity index (χ3n) is 4.25. The molecule has 2 heterocycles. The van der Waals surface area contributed by atoms with Gasteiger partial charge >= 0.3 is 0 Å². The standard InChI is InChI=1S/C16H22N4/c1-16(7-8-17-11-16)15-10-18-12-20(15)14-6-4-5-13(9-14)19(2)3/h4-6,9-10,12,17H,7-8,11H2,1-3H3. The monoisotopic (exact) mass is 270 g/mol. The smallest absolute Gasteiger partial charge is 0.0994 e. The van der Waals surface area contributed by atoms with Crippen molar-refractivity contribution < 1.29 is 0 Å². The first kappa shape index (κ1) is 13.2. The summed E-state index contributed by atoms with van der Waals surface area (Å²) in [7, 11) is 4.13. The molecule has 106 valence electrons. The Morgan fingerprint density at radius 1 is 1.35 bits per heavy atom. The maximum absolute atomic E-state index is 4.38. The van der Waals surface area contributed by atoms with E-state index in [1.54, 1.807) is 0 Å². The van der Waals surface area contributed by atoms with E-state index in [-0.39, 0.29) is 5.41 Å². The van der Waals surface area contributed by atoms with Gasteiger partial charge in [-0.25, -0.2) is 4.98 Å². The summed E-state index contributed by atoms with van der Waals surface area (Å²) in [5, 5.41) is 3.46. The molecule has 0 bridgehead atoms. The lowest BCUT2D eigenvalue weighted by atomic mass is 9.86. The quantitative estimate of drug-likeness (QED) is 0.928. The van der Waals surface area contributed by atoms with Gasteiger partial charge in [0.25, 0.3) is 0 Å². The van der Waals surface area contributed by atoms with Crippen LogP contribution in [0, 0.1) is 0 Å². The van der Waals surface area contributed by atoms with Crippen LogP contribution < -0.4 is 10.2 Å². The first-order valence-electron chi connectivity index (χ1n) is 7.11. The van der Waals surface area contributed by atoms with Crippen LogP contribution in [0.1, 0.15) is 19.0 Å². The molecule has 2 aromatic rings. The number of anilines is 1. The summed E-state index contributed by atoms with van der Waals surface area (Å²) >= 11 is 0. The summed E-state index contributed by atoms with van der Waals surface area (Å²) in [4.78, 5) is 6.51. The highest BCUT2D eigenvalue weighted by Crippen LogP contribution is 2.31. The first-order valence-corrected chi connectivity index (χ1v) is 7.11. The Hall–Kier alpha value is -1.81. The van der Waals surface area contributed by atoms with E-state index in [0.717, 1.165) is 19.5 Å². The maximum Gasteiger partial charge on any atom is 0.0994 e. The molecule has 1 unspecified atom stereocenters. The maximum atomic E-state index is 4.38. The minimum absolute atomic E-state index is 0.171. The number of imidazole rings is 1. The SMILES string of the molecule is CN(C)c1cccc(-n2cncc2C2(C)CCNC2)c1. The van der Waals surface area contributed by atoms with Crippen LogP contribution in [0.15, 0.2) is 36.8 Å². The zero-order valence-corrected chi connectivity index (χ0v) is 12.4. The van der Waals surface area contributed by atoms with E-state index >= 15 is 0 Å². The van der Waals surface area contributed by atoms with Crippen molar-refractivity contribution in [2.75, 3.05) is 32.1 Å². The summed E-state index contributed by atoms with van der Waals surface area (Å²) in [5.41, 5.74) is 3.84. The lowest BCUT2D eigenvalue weighted by Gasteiger charge is -2.24. The Labute approximate surface area is 120 Å². The zero-order valence-electron chi connectivity index (χ0n) is 12.4. The lowest BCUT2D eigenvalue weighted by Crippen LogP contribution is -2.27. The molecule has 1 aliphatic rings. The molecular formula is C16H22N4. The highest BCUT2D eigenvalue weighted by atomic mass is 15.1. The van der Waals surface area contributed by atoms with E-state index < -0.39 is 0 Å². The van der Waals surface area contributed by atoms with E-state index in [0.29, 0.717) is 0 Å². The van der Waals surface area contributed by atoms with Crippen LogP contribution in [-0.2, 0) is 5.41 Å². The Kier molecular flexibility index (Phi) is 3.26. The van der Waals surface area contributed by atoms with E-state index in [4.69, 9.17) is 0 Å². The van der Waals surface area contributed by atoms with Crippen molar-refractivity contribution in [2.24, 2.45) is 0 Å². The fourth-order valence-corrected chi connectivity index (χ4v) is 2.90. The predicted molar refractivity (Wildman–Crippen MR) is 82.7 cm³/mol. The third-order valence-corrected chi connectivity index (χ3v) is 4.25. The molecule has 0 aliphatic carbocycles. The van der Waals surface area contributed by atoms with Crippen LogP contribution in [0.2, 0.25) is 0 Å². The number of benzene rings is 1. The minimum atomic E-state index is 0.171. The van der Waals surface area contributed by atoms with Crippen LogP contribution in [-0.4, -0.2) is 36.7 Å². The van der Waals surface area contributed by atoms with Gasteiger partial charge in [-0.1, -0.05) is 13.0 Å². The van der Waals surface area contributed by atoms with Crippen molar-refractivity contribution in [3.63, 3.8) is 0 Å². The summed E-state index contributed by atoms with van der Waals surface area (Å²) in [6, 6.07) is 8.57. The molecule has 0 saturated carbocycles. The van der Waals surface area contributed by atoms with Crippen molar-refractivity contribution in [2.45, 2.75) is 18.8 Å². The van der Waals surface area contributed by atoms with Gasteiger partial charge in [0.1, 0.15) is 0 Å². The van der Waals surface area contributed by atoms with Crippen LogP contribution in [0.25, 0.3) is 5.69 Å². The molecule has 0 amide bonds. The van der Waals surface area contributed by atoms with E-state index in [1.807, 2.05) is 12.5 Å². The van der Waals surface area contributed by atoms with Crippen molar-refractivity contribution >= 4 is 5.69 Å². The van der Waals surface area contributed by atoms with Gasteiger partial charge in [-0.3, -0.25) is 0 Å². The Balaban J connectivity index is 2.03. The highest BCUT2D eigenvalue weighted by Gasteiger charge is 2.33. The van der Waals surface area contributed by atoms with Crippen molar-refractivity contribution in [3.05, 3.63) is 42.5 Å². The minimum Gasteiger partial charge on any atom is -0.378 e. The molecule has 4 nitrogen and oxygen atoms in total. The number of aromatic nitrogens is 2. The first-order chi connectivity index (χ1) is 9.60. The second-order valence-electron chi connectivity index (χ2n) is 6.05. The molecule has 1 fully saturated rings. The van der Waals surface area contributed by atoms with Crippen LogP contribution >= 0.6 is 0 Å². The van der Waals surface area contributed by atoms with E-state index in [2.05, 4.69) is 65.1 Å². The normalized spacial score (nSPS) is 22.1. The molecule has 4 heteroatoms. The molecule has 20 heavy (non-hydrogen) atoms. The summed E-state index contributed by atoms with van der Waals surface area (Å²) in [5.74, 6) is 0. The second-order valence-corrected chi connectivity index (χ2v) is 6.05. The predicted octanol–water partition coefficient (Wildman–Crippen LogP) is 2.19. The topological polar surface area (TPSA) is 33.1 Å². The van der Waals surface area contributed by atoms with Gasteiger partial charge in [0.2, 0.25) is 0 Å². The number of rotatable bonds is 3. The van der Waals surface area contributed by atoms with Crippen LogP contribution in [0.3, 0.4) is 0 Å². The Morgan fingerprint density at radius 3 is 2.90 bits per heavy atom. The molecule has 1 aliphatic heterocycles. The van der Waals surface area contributed by atoms with Gasteiger partial charge in [-0.15, -0.1) is 0 Å². The van der Waals surface area contributed by atoms with Gasteiger partial charge in [0.05, 0.1) is 6.33 Å². The lowest BCUT2D eigenvalue weighted by molar-refractivity contribution is 0.499. The van der Waals surface area contributed by atoms with E-state index in [1.165, 1.54) is 17.1 Å². The number of nitrogens with one attached hydrogen (secondary N) is 1. The van der Waals surface area contributed by atoms with Crippen LogP contribution in [0.5, 0.6) is 0 Å². The fraction of sp³-hybridized carbons (Fsp3) is 0.438. The summed E-state index contributed by atoms with van der Waals surface area (Å²) in [6.45, 7) is 4.42.